The summed E-state index contributed by atoms with van der Waals surface area (Å²) in [5.74, 6) is 1.68. The normalized spacial score (nSPS) is 15.4. The van der Waals surface area contributed by atoms with Crippen molar-refractivity contribution in [2.24, 2.45) is 21.5 Å². The number of halogens is 2. The summed E-state index contributed by atoms with van der Waals surface area (Å²) in [6, 6.07) is 14.7. The van der Waals surface area contributed by atoms with Crippen LogP contribution in [0.25, 0.3) is 0 Å². The predicted molar refractivity (Wildman–Crippen MR) is 112 cm³/mol. The Morgan fingerprint density at radius 2 is 1.78 bits per heavy atom. The molecule has 4 N–H and O–H groups in total. The number of benzene rings is 2. The largest absolute Gasteiger partial charge is 0.457 e. The summed E-state index contributed by atoms with van der Waals surface area (Å²) in [6.45, 7) is 3.94. The van der Waals surface area contributed by atoms with Gasteiger partial charge in [-0.3, -0.25) is 4.84 Å². The lowest BCUT2D eigenvalue weighted by atomic mass is 10.2. The van der Waals surface area contributed by atoms with Gasteiger partial charge in [0.1, 0.15) is 18.1 Å². The van der Waals surface area contributed by atoms with Gasteiger partial charge in [-0.1, -0.05) is 23.7 Å². The molecule has 2 aromatic rings. The van der Waals surface area contributed by atoms with Gasteiger partial charge < -0.3 is 16.2 Å². The maximum atomic E-state index is 5.91. The molecule has 0 bridgehead atoms. The second kappa shape index (κ2) is 8.60. The van der Waals surface area contributed by atoms with Crippen LogP contribution in [-0.2, 0) is 11.4 Å². The highest BCUT2D eigenvalue weighted by Gasteiger charge is 2.33. The number of hydrogen-bond donors (Lipinski definition) is 2. The standard InChI is InChI=1S/C18H20ClN5O2.BrH/c1-18(2)23-16(20)22-17(21)24(18)25-11-12-4-3-5-15(10-12)26-14-8-6-13(19)7-9-14;/h3-10H,11H2,1-2H3,(H4,20,21,22,23);1H. The molecule has 0 aliphatic carbocycles. The Hall–Kier alpha value is -2.29. The van der Waals surface area contributed by atoms with E-state index in [0.717, 1.165) is 5.56 Å². The molecule has 0 unspecified atom stereocenters. The summed E-state index contributed by atoms with van der Waals surface area (Å²) < 4.78 is 5.83. The predicted octanol–water partition coefficient (Wildman–Crippen LogP) is 3.82. The van der Waals surface area contributed by atoms with E-state index in [1.165, 1.54) is 5.06 Å². The fourth-order valence-corrected chi connectivity index (χ4v) is 2.62. The van der Waals surface area contributed by atoms with E-state index >= 15 is 0 Å². The van der Waals surface area contributed by atoms with Gasteiger partial charge in [0.05, 0.1) is 0 Å². The van der Waals surface area contributed by atoms with Crippen LogP contribution in [0.1, 0.15) is 19.4 Å². The lowest BCUT2D eigenvalue weighted by molar-refractivity contribution is -0.166. The molecule has 0 atom stereocenters. The SMILES string of the molecule is Br.CC1(C)N=C(N)N=C(N)N1OCc1cccc(Oc2ccc(Cl)cc2)c1. The van der Waals surface area contributed by atoms with Crippen LogP contribution in [0.4, 0.5) is 0 Å². The van der Waals surface area contributed by atoms with Crippen molar-refractivity contribution in [3.05, 3.63) is 59.1 Å². The van der Waals surface area contributed by atoms with Crippen LogP contribution in [0.5, 0.6) is 11.5 Å². The third kappa shape index (κ3) is 5.35. The molecule has 0 fully saturated rings. The van der Waals surface area contributed by atoms with E-state index in [4.69, 9.17) is 32.6 Å². The minimum Gasteiger partial charge on any atom is -0.457 e. The van der Waals surface area contributed by atoms with Gasteiger partial charge in [-0.2, -0.15) is 10.1 Å². The number of nitrogens with zero attached hydrogens (tertiary/aromatic N) is 3. The molecule has 27 heavy (non-hydrogen) atoms. The Balaban J connectivity index is 0.00000261. The van der Waals surface area contributed by atoms with Crippen molar-refractivity contribution in [1.82, 2.24) is 5.06 Å². The Labute approximate surface area is 173 Å². The molecular formula is C18H21BrClN5O2. The topological polar surface area (TPSA) is 98.5 Å². The van der Waals surface area contributed by atoms with Crippen LogP contribution in [0.15, 0.2) is 58.5 Å². The maximum absolute atomic E-state index is 5.91. The van der Waals surface area contributed by atoms with E-state index in [-0.39, 0.29) is 35.5 Å². The number of ether oxygens (including phenoxy) is 1. The molecule has 0 aromatic heterocycles. The minimum absolute atomic E-state index is 0. The third-order valence-electron chi connectivity index (χ3n) is 3.63. The fourth-order valence-electron chi connectivity index (χ4n) is 2.49. The molecule has 1 heterocycles. The van der Waals surface area contributed by atoms with Gasteiger partial charge in [-0.25, -0.2) is 4.99 Å². The number of hydroxylamine groups is 2. The van der Waals surface area contributed by atoms with Crippen LogP contribution in [-0.4, -0.2) is 22.6 Å². The van der Waals surface area contributed by atoms with Gasteiger partial charge in [0, 0.05) is 5.02 Å². The fraction of sp³-hybridized carbons (Fsp3) is 0.222. The van der Waals surface area contributed by atoms with Crippen LogP contribution in [0.2, 0.25) is 5.02 Å². The number of guanidine groups is 2. The van der Waals surface area contributed by atoms with Gasteiger partial charge in [-0.15, -0.1) is 17.0 Å². The summed E-state index contributed by atoms with van der Waals surface area (Å²) in [7, 11) is 0. The molecule has 3 rings (SSSR count). The first kappa shape index (κ1) is 21.0. The molecule has 2 aromatic carbocycles. The third-order valence-corrected chi connectivity index (χ3v) is 3.88. The Morgan fingerprint density at radius 3 is 2.44 bits per heavy atom. The molecule has 9 heteroatoms. The van der Waals surface area contributed by atoms with Crippen molar-refractivity contribution in [3.8, 4) is 11.5 Å². The van der Waals surface area contributed by atoms with Crippen LogP contribution < -0.4 is 16.2 Å². The maximum Gasteiger partial charge on any atom is 0.226 e. The number of rotatable bonds is 5. The average molecular weight is 455 g/mol. The Morgan fingerprint density at radius 1 is 1.07 bits per heavy atom. The molecule has 7 nitrogen and oxygen atoms in total. The van der Waals surface area contributed by atoms with Crippen molar-refractivity contribution in [1.29, 1.82) is 0 Å². The highest BCUT2D eigenvalue weighted by Crippen LogP contribution is 2.25. The molecule has 0 radical (unpaired) electrons. The zero-order valence-corrected chi connectivity index (χ0v) is 17.4. The highest BCUT2D eigenvalue weighted by molar-refractivity contribution is 8.93. The first-order valence-electron chi connectivity index (χ1n) is 7.98. The lowest BCUT2D eigenvalue weighted by Gasteiger charge is -2.36. The van der Waals surface area contributed by atoms with Crippen LogP contribution in [0.3, 0.4) is 0 Å². The van der Waals surface area contributed by atoms with E-state index in [2.05, 4.69) is 9.98 Å². The summed E-state index contributed by atoms with van der Waals surface area (Å²) in [5.41, 5.74) is 11.7. The Kier molecular flexibility index (Phi) is 6.69. The molecule has 144 valence electrons. The first-order chi connectivity index (χ1) is 12.3. The highest BCUT2D eigenvalue weighted by atomic mass is 79.9. The first-order valence-corrected chi connectivity index (χ1v) is 8.36. The van der Waals surface area contributed by atoms with Crippen molar-refractivity contribution in [2.75, 3.05) is 0 Å². The second-order valence-corrected chi connectivity index (χ2v) is 6.64. The van der Waals surface area contributed by atoms with E-state index in [9.17, 15) is 0 Å². The average Bonchev–Trinajstić information content (AvgIpc) is 2.55. The molecule has 1 aliphatic rings. The van der Waals surface area contributed by atoms with Crippen molar-refractivity contribution >= 4 is 40.5 Å². The van der Waals surface area contributed by atoms with Crippen molar-refractivity contribution in [2.45, 2.75) is 26.1 Å². The summed E-state index contributed by atoms with van der Waals surface area (Å²) in [6.07, 6.45) is 0. The van der Waals surface area contributed by atoms with Crippen molar-refractivity contribution < 1.29 is 9.57 Å². The molecule has 0 amide bonds. The number of aliphatic imine (C=N–C) groups is 2. The van der Waals surface area contributed by atoms with E-state index < -0.39 is 5.66 Å². The summed E-state index contributed by atoms with van der Waals surface area (Å²) in [5, 5.41) is 2.10. The zero-order valence-electron chi connectivity index (χ0n) is 14.9. The number of nitrogens with two attached hydrogens (primary N) is 2. The van der Waals surface area contributed by atoms with Crippen molar-refractivity contribution in [3.63, 3.8) is 0 Å². The smallest absolute Gasteiger partial charge is 0.226 e. The minimum atomic E-state index is -0.743. The molecule has 1 aliphatic heterocycles. The molecule has 0 spiro atoms. The molecule has 0 saturated carbocycles. The summed E-state index contributed by atoms with van der Waals surface area (Å²) in [4.78, 5) is 14.0. The lowest BCUT2D eigenvalue weighted by Crippen LogP contribution is -2.53. The number of hydrogen-bond acceptors (Lipinski definition) is 7. The zero-order chi connectivity index (χ0) is 18.7. The van der Waals surface area contributed by atoms with E-state index in [1.54, 1.807) is 24.3 Å². The van der Waals surface area contributed by atoms with E-state index in [1.807, 2.05) is 38.1 Å². The molecular weight excluding hydrogens is 434 g/mol. The summed E-state index contributed by atoms with van der Waals surface area (Å²) >= 11 is 5.89. The van der Waals surface area contributed by atoms with Crippen LogP contribution >= 0.6 is 28.6 Å². The quantitative estimate of drug-likeness (QED) is 0.715. The second-order valence-electron chi connectivity index (χ2n) is 6.21. The van der Waals surface area contributed by atoms with Gasteiger partial charge in [-0.05, 0) is 55.8 Å². The monoisotopic (exact) mass is 453 g/mol. The Bertz CT molecular complexity index is 855. The molecule has 0 saturated heterocycles. The van der Waals surface area contributed by atoms with Gasteiger partial charge in [0.25, 0.3) is 0 Å². The van der Waals surface area contributed by atoms with E-state index in [0.29, 0.717) is 16.5 Å². The van der Waals surface area contributed by atoms with Gasteiger partial charge >= 0.3 is 0 Å². The van der Waals surface area contributed by atoms with Gasteiger partial charge in [0.15, 0.2) is 5.66 Å². The van der Waals surface area contributed by atoms with Crippen LogP contribution in [0, 0.1) is 0 Å². The van der Waals surface area contributed by atoms with Gasteiger partial charge in [0.2, 0.25) is 11.9 Å².